The van der Waals surface area contributed by atoms with Gasteiger partial charge in [-0.25, -0.2) is 0 Å². The van der Waals surface area contributed by atoms with Crippen LogP contribution in [0.25, 0.3) is 0 Å². The molecule has 134 valence electrons. The third-order valence-electron chi connectivity index (χ3n) is 4.40. The molecular formula is C18H27ClN2O3. The van der Waals surface area contributed by atoms with Crippen molar-refractivity contribution >= 4 is 24.3 Å². The maximum atomic E-state index is 12.5. The first-order valence-corrected chi connectivity index (χ1v) is 8.28. The number of esters is 1. The molecule has 6 heteroatoms. The van der Waals surface area contributed by atoms with Gasteiger partial charge in [0, 0.05) is 12.0 Å². The Morgan fingerprint density at radius 2 is 2.04 bits per heavy atom. The number of amides is 1. The molecule has 0 aromatic heterocycles. The van der Waals surface area contributed by atoms with E-state index < -0.39 is 0 Å². The molecule has 0 aliphatic heterocycles. The van der Waals surface area contributed by atoms with Crippen molar-refractivity contribution in [1.29, 1.82) is 0 Å². The molecule has 1 saturated carbocycles. The van der Waals surface area contributed by atoms with Crippen LogP contribution in [0.15, 0.2) is 24.3 Å². The first kappa shape index (κ1) is 20.5. The summed E-state index contributed by atoms with van der Waals surface area (Å²) in [6, 6.07) is 7.52. The van der Waals surface area contributed by atoms with E-state index in [-0.39, 0.29) is 48.7 Å². The summed E-state index contributed by atoms with van der Waals surface area (Å²) in [6.45, 7) is 4.09. The van der Waals surface area contributed by atoms with Crippen LogP contribution in [0.4, 0.5) is 0 Å². The molecule has 0 heterocycles. The van der Waals surface area contributed by atoms with Gasteiger partial charge in [-0.05, 0) is 44.2 Å². The van der Waals surface area contributed by atoms with Gasteiger partial charge in [-0.15, -0.1) is 12.4 Å². The molecule has 1 aromatic rings. The molecule has 1 fully saturated rings. The Morgan fingerprint density at radius 1 is 1.33 bits per heavy atom. The number of hydrogen-bond donors (Lipinski definition) is 2. The van der Waals surface area contributed by atoms with Crippen molar-refractivity contribution in [3.8, 4) is 0 Å². The molecular weight excluding hydrogens is 328 g/mol. The highest BCUT2D eigenvalue weighted by Crippen LogP contribution is 2.27. The zero-order valence-electron chi connectivity index (χ0n) is 14.3. The minimum absolute atomic E-state index is 0. The molecule has 1 aliphatic rings. The average Bonchev–Trinajstić information content (AvgIpc) is 2.94. The zero-order chi connectivity index (χ0) is 16.8. The van der Waals surface area contributed by atoms with Gasteiger partial charge in [-0.1, -0.05) is 24.3 Å². The number of aryl methyl sites for hydroxylation is 1. The quantitative estimate of drug-likeness (QED) is 0.769. The first-order valence-electron chi connectivity index (χ1n) is 8.28. The summed E-state index contributed by atoms with van der Waals surface area (Å²) in [5.41, 5.74) is 7.90. The number of halogens is 1. The van der Waals surface area contributed by atoms with E-state index in [1.807, 2.05) is 31.2 Å². The van der Waals surface area contributed by atoms with Gasteiger partial charge >= 0.3 is 5.97 Å². The highest BCUT2D eigenvalue weighted by atomic mass is 35.5. The van der Waals surface area contributed by atoms with Crippen molar-refractivity contribution in [2.24, 2.45) is 11.7 Å². The van der Waals surface area contributed by atoms with Crippen LogP contribution in [0.5, 0.6) is 0 Å². The summed E-state index contributed by atoms with van der Waals surface area (Å²) in [7, 11) is 0. The van der Waals surface area contributed by atoms with Crippen molar-refractivity contribution < 1.29 is 14.3 Å². The molecule has 1 aliphatic carbocycles. The summed E-state index contributed by atoms with van der Waals surface area (Å²) in [6.07, 6.45) is 2.55. The van der Waals surface area contributed by atoms with Gasteiger partial charge in [-0.2, -0.15) is 0 Å². The second kappa shape index (κ2) is 9.64. The Hall–Kier alpha value is -1.59. The third-order valence-corrected chi connectivity index (χ3v) is 4.40. The molecule has 0 saturated heterocycles. The predicted octanol–water partition coefficient (Wildman–Crippen LogP) is 2.65. The smallest absolute Gasteiger partial charge is 0.308 e. The topological polar surface area (TPSA) is 81.4 Å². The van der Waals surface area contributed by atoms with Crippen LogP contribution in [0.1, 0.15) is 49.8 Å². The van der Waals surface area contributed by atoms with Crippen LogP contribution >= 0.6 is 12.4 Å². The van der Waals surface area contributed by atoms with Crippen molar-refractivity contribution in [1.82, 2.24) is 5.32 Å². The van der Waals surface area contributed by atoms with Gasteiger partial charge in [0.05, 0.1) is 19.1 Å². The largest absolute Gasteiger partial charge is 0.466 e. The lowest BCUT2D eigenvalue weighted by Crippen LogP contribution is -2.35. The number of nitrogens with one attached hydrogen (secondary N) is 1. The first-order chi connectivity index (χ1) is 11.0. The van der Waals surface area contributed by atoms with E-state index in [0.29, 0.717) is 13.0 Å². The van der Waals surface area contributed by atoms with E-state index in [1.54, 1.807) is 6.92 Å². The molecule has 24 heavy (non-hydrogen) atoms. The molecule has 1 aromatic carbocycles. The Morgan fingerprint density at radius 3 is 2.62 bits per heavy atom. The van der Waals surface area contributed by atoms with Gasteiger partial charge in [-0.3, -0.25) is 9.59 Å². The molecule has 1 amide bonds. The SMILES string of the molecule is CCOC(=O)CC(NC(=O)C1CCC(N)C1)c1ccccc1C.Cl. The van der Waals surface area contributed by atoms with Crippen molar-refractivity contribution in [2.45, 2.75) is 51.6 Å². The molecule has 0 spiro atoms. The number of hydrogen-bond acceptors (Lipinski definition) is 4. The normalized spacial score (nSPS) is 20.8. The lowest BCUT2D eigenvalue weighted by molar-refractivity contribution is -0.143. The van der Waals surface area contributed by atoms with E-state index in [0.717, 1.165) is 24.0 Å². The van der Waals surface area contributed by atoms with Gasteiger partial charge in [0.1, 0.15) is 0 Å². The predicted molar refractivity (Wildman–Crippen MR) is 95.9 cm³/mol. The minimum Gasteiger partial charge on any atom is -0.466 e. The Balaban J connectivity index is 0.00000288. The molecule has 3 atom stereocenters. The maximum Gasteiger partial charge on any atom is 0.308 e. The van der Waals surface area contributed by atoms with Crippen LogP contribution in [0.3, 0.4) is 0 Å². The summed E-state index contributed by atoms with van der Waals surface area (Å²) in [5.74, 6) is -0.376. The molecule has 0 bridgehead atoms. The second-order valence-corrected chi connectivity index (χ2v) is 6.20. The lowest BCUT2D eigenvalue weighted by atomic mass is 9.97. The fourth-order valence-electron chi connectivity index (χ4n) is 3.15. The van der Waals surface area contributed by atoms with E-state index in [9.17, 15) is 9.59 Å². The molecule has 0 radical (unpaired) electrons. The Labute approximate surface area is 149 Å². The highest BCUT2D eigenvalue weighted by Gasteiger charge is 2.30. The minimum atomic E-state index is -0.362. The molecule has 3 N–H and O–H groups in total. The molecule has 5 nitrogen and oxygen atoms in total. The van der Waals surface area contributed by atoms with Crippen LogP contribution < -0.4 is 11.1 Å². The Bertz CT molecular complexity index is 565. The van der Waals surface area contributed by atoms with E-state index in [2.05, 4.69) is 5.32 Å². The standard InChI is InChI=1S/C18H26N2O3.ClH/c1-3-23-17(21)11-16(15-7-5-4-6-12(15)2)20-18(22)13-8-9-14(19)10-13;/h4-7,13-14,16H,3,8-11,19H2,1-2H3,(H,20,22);1H. The Kier molecular flexibility index (Phi) is 8.22. The molecule has 3 unspecified atom stereocenters. The molecule has 2 rings (SSSR count). The number of carbonyl (C=O) groups is 2. The van der Waals surface area contributed by atoms with Crippen LogP contribution in [-0.2, 0) is 14.3 Å². The number of nitrogens with two attached hydrogens (primary N) is 1. The number of rotatable bonds is 6. The van der Waals surface area contributed by atoms with E-state index >= 15 is 0 Å². The van der Waals surface area contributed by atoms with Crippen LogP contribution in [0.2, 0.25) is 0 Å². The van der Waals surface area contributed by atoms with E-state index in [4.69, 9.17) is 10.5 Å². The van der Waals surface area contributed by atoms with E-state index in [1.165, 1.54) is 0 Å². The summed E-state index contributed by atoms with van der Waals surface area (Å²) in [5, 5.41) is 3.03. The third kappa shape index (κ3) is 5.49. The monoisotopic (exact) mass is 354 g/mol. The number of ether oxygens (including phenoxy) is 1. The van der Waals surface area contributed by atoms with Gasteiger partial charge < -0.3 is 15.8 Å². The van der Waals surface area contributed by atoms with Gasteiger partial charge in [0.2, 0.25) is 5.91 Å². The zero-order valence-corrected chi connectivity index (χ0v) is 15.1. The van der Waals surface area contributed by atoms with Crippen LogP contribution in [-0.4, -0.2) is 24.5 Å². The van der Waals surface area contributed by atoms with Crippen molar-refractivity contribution in [2.75, 3.05) is 6.61 Å². The summed E-state index contributed by atoms with van der Waals surface area (Å²) >= 11 is 0. The number of carbonyl (C=O) groups excluding carboxylic acids is 2. The van der Waals surface area contributed by atoms with Gasteiger partial charge in [0.25, 0.3) is 0 Å². The maximum absolute atomic E-state index is 12.5. The average molecular weight is 355 g/mol. The second-order valence-electron chi connectivity index (χ2n) is 6.20. The van der Waals surface area contributed by atoms with Gasteiger partial charge in [0.15, 0.2) is 0 Å². The highest BCUT2D eigenvalue weighted by molar-refractivity contribution is 5.85. The summed E-state index contributed by atoms with van der Waals surface area (Å²) in [4.78, 5) is 24.4. The number of benzene rings is 1. The fourth-order valence-corrected chi connectivity index (χ4v) is 3.15. The fraction of sp³-hybridized carbons (Fsp3) is 0.556. The van der Waals surface area contributed by atoms with Crippen molar-refractivity contribution in [3.63, 3.8) is 0 Å². The van der Waals surface area contributed by atoms with Crippen LogP contribution in [0, 0.1) is 12.8 Å². The summed E-state index contributed by atoms with van der Waals surface area (Å²) < 4.78 is 5.05. The van der Waals surface area contributed by atoms with Crippen molar-refractivity contribution in [3.05, 3.63) is 35.4 Å². The lowest BCUT2D eigenvalue weighted by Gasteiger charge is -2.22.